The minimum atomic E-state index is -4.52. The molecule has 0 bridgehead atoms. The van der Waals surface area contributed by atoms with Gasteiger partial charge in [0.1, 0.15) is 0 Å². The highest BCUT2D eigenvalue weighted by atomic mass is 19.4. The lowest BCUT2D eigenvalue weighted by atomic mass is 9.96. The second-order valence-electron chi connectivity index (χ2n) is 7.90. The Kier molecular flexibility index (Phi) is 7.84. The Morgan fingerprint density at radius 1 is 1.09 bits per heavy atom. The van der Waals surface area contributed by atoms with Crippen molar-refractivity contribution >= 4 is 11.8 Å². The number of carbonyl (C=O) groups is 2. The zero-order valence-corrected chi connectivity index (χ0v) is 18.6. The maximum Gasteiger partial charge on any atom is 0.416 e. The molecule has 0 aliphatic carbocycles. The van der Waals surface area contributed by atoms with E-state index in [1.165, 1.54) is 17.0 Å². The van der Waals surface area contributed by atoms with Crippen molar-refractivity contribution in [1.29, 1.82) is 0 Å². The van der Waals surface area contributed by atoms with Crippen molar-refractivity contribution in [2.24, 2.45) is 5.92 Å². The summed E-state index contributed by atoms with van der Waals surface area (Å²) in [5, 5.41) is 2.90. The van der Waals surface area contributed by atoms with Crippen LogP contribution in [0.2, 0.25) is 0 Å². The first-order valence-corrected chi connectivity index (χ1v) is 10.7. The van der Waals surface area contributed by atoms with Crippen LogP contribution in [0.1, 0.15) is 34.3 Å². The van der Waals surface area contributed by atoms with E-state index in [4.69, 9.17) is 9.47 Å². The maximum atomic E-state index is 13.0. The molecule has 0 radical (unpaired) electrons. The monoisotopic (exact) mass is 464 g/mol. The smallest absolute Gasteiger partial charge is 0.416 e. The summed E-state index contributed by atoms with van der Waals surface area (Å²) in [6, 6.07) is 9.92. The molecule has 1 unspecified atom stereocenters. The van der Waals surface area contributed by atoms with Gasteiger partial charge in [-0.05, 0) is 55.2 Å². The molecule has 3 rings (SSSR count). The van der Waals surface area contributed by atoms with E-state index < -0.39 is 23.6 Å². The Labute approximate surface area is 190 Å². The summed E-state index contributed by atoms with van der Waals surface area (Å²) in [5.41, 5.74) is 0.0760. The zero-order valence-electron chi connectivity index (χ0n) is 18.6. The molecule has 1 saturated heterocycles. The predicted molar refractivity (Wildman–Crippen MR) is 116 cm³/mol. The Bertz CT molecular complexity index is 994. The number of nitrogens with zero attached hydrogens (tertiary/aromatic N) is 1. The molecule has 2 aromatic rings. The van der Waals surface area contributed by atoms with Gasteiger partial charge in [-0.3, -0.25) is 9.59 Å². The second kappa shape index (κ2) is 10.6. The first-order valence-electron chi connectivity index (χ1n) is 10.7. The average molecular weight is 464 g/mol. The fraction of sp³-hybridized carbons (Fsp3) is 0.417. The van der Waals surface area contributed by atoms with Gasteiger partial charge in [-0.25, -0.2) is 0 Å². The number of nitrogens with one attached hydrogen (secondary N) is 1. The molecule has 2 aromatic carbocycles. The summed E-state index contributed by atoms with van der Waals surface area (Å²) in [4.78, 5) is 26.9. The van der Waals surface area contributed by atoms with Gasteiger partial charge in [0.05, 0.1) is 25.7 Å². The molecule has 1 atom stereocenters. The predicted octanol–water partition coefficient (Wildman–Crippen LogP) is 3.93. The maximum absolute atomic E-state index is 13.0. The molecule has 1 aliphatic heterocycles. The molecular formula is C24H27F3N2O4. The Morgan fingerprint density at radius 3 is 2.55 bits per heavy atom. The quantitative estimate of drug-likeness (QED) is 0.674. The number of amides is 2. The lowest BCUT2D eigenvalue weighted by Gasteiger charge is -2.32. The third kappa shape index (κ3) is 6.18. The van der Waals surface area contributed by atoms with Gasteiger partial charge in [-0.2, -0.15) is 13.2 Å². The number of piperidine rings is 1. The van der Waals surface area contributed by atoms with Gasteiger partial charge in [-0.15, -0.1) is 0 Å². The fourth-order valence-electron chi connectivity index (χ4n) is 3.90. The SMILES string of the molecule is COc1ccc(CCNC(=O)C2CCCN(C(=O)c3cccc(C(F)(F)F)c3)C2)cc1OC. The van der Waals surface area contributed by atoms with Crippen molar-refractivity contribution in [3.63, 3.8) is 0 Å². The third-order valence-corrected chi connectivity index (χ3v) is 5.68. The zero-order chi connectivity index (χ0) is 24.0. The van der Waals surface area contributed by atoms with E-state index in [0.717, 1.165) is 17.7 Å². The van der Waals surface area contributed by atoms with Gasteiger partial charge < -0.3 is 19.7 Å². The first kappa shape index (κ1) is 24.4. The first-order chi connectivity index (χ1) is 15.7. The largest absolute Gasteiger partial charge is 0.493 e. The van der Waals surface area contributed by atoms with E-state index in [9.17, 15) is 22.8 Å². The molecule has 0 spiro atoms. The summed E-state index contributed by atoms with van der Waals surface area (Å²) in [6.45, 7) is 0.994. The van der Waals surface area contributed by atoms with E-state index in [1.54, 1.807) is 20.3 Å². The van der Waals surface area contributed by atoms with Gasteiger partial charge in [0, 0.05) is 25.2 Å². The van der Waals surface area contributed by atoms with Crippen LogP contribution in [0.4, 0.5) is 13.2 Å². The van der Waals surface area contributed by atoms with Gasteiger partial charge in [-0.1, -0.05) is 12.1 Å². The van der Waals surface area contributed by atoms with Crippen LogP contribution in [0.15, 0.2) is 42.5 Å². The number of ether oxygens (including phenoxy) is 2. The van der Waals surface area contributed by atoms with Gasteiger partial charge in [0.25, 0.3) is 5.91 Å². The number of hydrogen-bond acceptors (Lipinski definition) is 4. The summed E-state index contributed by atoms with van der Waals surface area (Å²) in [7, 11) is 3.11. The molecule has 1 N–H and O–H groups in total. The van der Waals surface area contributed by atoms with Crippen molar-refractivity contribution in [2.75, 3.05) is 33.9 Å². The van der Waals surface area contributed by atoms with Gasteiger partial charge in [0.2, 0.25) is 5.91 Å². The van der Waals surface area contributed by atoms with E-state index in [2.05, 4.69) is 5.32 Å². The van der Waals surface area contributed by atoms with Gasteiger partial charge in [0.15, 0.2) is 11.5 Å². The molecule has 0 saturated carbocycles. The standard InChI is InChI=1S/C24H27F3N2O4/c1-32-20-9-8-16(13-21(20)33-2)10-11-28-22(30)18-6-4-12-29(15-18)23(31)17-5-3-7-19(14-17)24(25,26)27/h3,5,7-9,13-14,18H,4,6,10-12,15H2,1-2H3,(H,28,30). The third-order valence-electron chi connectivity index (χ3n) is 5.68. The Morgan fingerprint density at radius 2 is 1.85 bits per heavy atom. The molecule has 1 heterocycles. The normalized spacial score (nSPS) is 16.3. The van der Waals surface area contributed by atoms with Gasteiger partial charge >= 0.3 is 6.18 Å². The molecule has 178 valence electrons. The number of alkyl halides is 3. The lowest BCUT2D eigenvalue weighted by Crippen LogP contribution is -2.45. The van der Waals surface area contributed by atoms with Crippen LogP contribution in [-0.4, -0.2) is 50.6 Å². The van der Waals surface area contributed by atoms with Crippen LogP contribution in [0.25, 0.3) is 0 Å². The van der Waals surface area contributed by atoms with Crippen molar-refractivity contribution < 1.29 is 32.2 Å². The topological polar surface area (TPSA) is 67.9 Å². The number of rotatable bonds is 7. The number of likely N-dealkylation sites (tertiary alicyclic amines) is 1. The Balaban J connectivity index is 1.56. The summed E-state index contributed by atoms with van der Waals surface area (Å²) >= 11 is 0. The van der Waals surface area contributed by atoms with Crippen molar-refractivity contribution in [3.05, 3.63) is 59.2 Å². The number of methoxy groups -OCH3 is 2. The molecule has 33 heavy (non-hydrogen) atoms. The van der Waals surface area contributed by atoms with E-state index in [-0.39, 0.29) is 18.0 Å². The number of benzene rings is 2. The molecular weight excluding hydrogens is 437 g/mol. The Hall–Kier alpha value is -3.23. The lowest BCUT2D eigenvalue weighted by molar-refractivity contribution is -0.137. The minimum Gasteiger partial charge on any atom is -0.493 e. The van der Waals surface area contributed by atoms with E-state index >= 15 is 0 Å². The molecule has 1 aliphatic rings. The van der Waals surface area contributed by atoms with Crippen molar-refractivity contribution in [1.82, 2.24) is 10.2 Å². The average Bonchev–Trinajstić information content (AvgIpc) is 2.83. The molecule has 0 aromatic heterocycles. The van der Waals surface area contributed by atoms with E-state index in [1.807, 2.05) is 12.1 Å². The van der Waals surface area contributed by atoms with E-state index in [0.29, 0.717) is 43.9 Å². The van der Waals surface area contributed by atoms with Crippen LogP contribution in [0.5, 0.6) is 11.5 Å². The fourth-order valence-corrected chi connectivity index (χ4v) is 3.90. The highest BCUT2D eigenvalue weighted by Crippen LogP contribution is 2.30. The van der Waals surface area contributed by atoms with Crippen LogP contribution in [-0.2, 0) is 17.4 Å². The van der Waals surface area contributed by atoms with Crippen LogP contribution < -0.4 is 14.8 Å². The number of halogens is 3. The summed E-state index contributed by atoms with van der Waals surface area (Å²) < 4.78 is 49.4. The second-order valence-corrected chi connectivity index (χ2v) is 7.90. The molecule has 9 heteroatoms. The van der Waals surface area contributed by atoms with Crippen LogP contribution in [0.3, 0.4) is 0 Å². The summed E-state index contributed by atoms with van der Waals surface area (Å²) in [5.74, 6) is 0.162. The highest BCUT2D eigenvalue weighted by Gasteiger charge is 2.33. The summed E-state index contributed by atoms with van der Waals surface area (Å²) in [6.07, 6.45) is -2.70. The highest BCUT2D eigenvalue weighted by molar-refractivity contribution is 5.95. The molecule has 1 fully saturated rings. The van der Waals surface area contributed by atoms with Crippen molar-refractivity contribution in [2.45, 2.75) is 25.4 Å². The minimum absolute atomic E-state index is 0.0284. The number of carbonyl (C=O) groups excluding carboxylic acids is 2. The van der Waals surface area contributed by atoms with Crippen LogP contribution in [0, 0.1) is 5.92 Å². The molecule has 6 nitrogen and oxygen atoms in total. The molecule has 2 amide bonds. The van der Waals surface area contributed by atoms with Crippen molar-refractivity contribution in [3.8, 4) is 11.5 Å². The van der Waals surface area contributed by atoms with Crippen LogP contribution >= 0.6 is 0 Å². The number of hydrogen-bond donors (Lipinski definition) is 1.